The lowest BCUT2D eigenvalue weighted by molar-refractivity contribution is 0.0487. The molecule has 188 valence electrons. The normalized spacial score (nSPS) is 14.9. The monoisotopic (exact) mass is 507 g/mol. The van der Waals surface area contributed by atoms with Gasteiger partial charge in [-0.1, -0.05) is 0 Å². The van der Waals surface area contributed by atoms with E-state index in [0.717, 1.165) is 0 Å². The Morgan fingerprint density at radius 2 is 1.69 bits per heavy atom. The van der Waals surface area contributed by atoms with Crippen LogP contribution in [0.4, 0.5) is 4.79 Å². The van der Waals surface area contributed by atoms with Gasteiger partial charge in [0.2, 0.25) is 15.8 Å². The van der Waals surface area contributed by atoms with E-state index in [1.807, 2.05) is 0 Å². The summed E-state index contributed by atoms with van der Waals surface area (Å²) in [6, 6.07) is 7.18. The van der Waals surface area contributed by atoms with Crippen LogP contribution in [-0.2, 0) is 26.0 Å². The fraction of sp³-hybridized carbons (Fsp3) is 0.409. The SMILES string of the molecule is CCOC(=O)c1ccc(Cn2c(=O)oc3cc(S(=O)(=O)N4CCN(C(=O)OCC)CC4)ccc32)o1. The molecule has 13 heteroatoms. The molecule has 3 heterocycles. The van der Waals surface area contributed by atoms with Crippen LogP contribution in [0.1, 0.15) is 30.2 Å². The van der Waals surface area contributed by atoms with Crippen molar-refractivity contribution >= 4 is 33.2 Å². The molecule has 35 heavy (non-hydrogen) atoms. The van der Waals surface area contributed by atoms with Gasteiger partial charge in [0.15, 0.2) is 5.58 Å². The molecule has 0 spiro atoms. The summed E-state index contributed by atoms with van der Waals surface area (Å²) in [5, 5.41) is 0. The van der Waals surface area contributed by atoms with Gasteiger partial charge in [-0.15, -0.1) is 0 Å². The van der Waals surface area contributed by atoms with E-state index in [2.05, 4.69) is 0 Å². The molecular formula is C22H25N3O9S. The molecule has 1 saturated heterocycles. The van der Waals surface area contributed by atoms with Gasteiger partial charge in [0.25, 0.3) is 0 Å². The minimum absolute atomic E-state index is 0.0131. The number of carbonyl (C=O) groups excluding carboxylic acids is 2. The number of fused-ring (bicyclic) bond motifs is 1. The first-order valence-corrected chi connectivity index (χ1v) is 12.5. The zero-order chi connectivity index (χ0) is 25.2. The molecule has 0 atom stereocenters. The Morgan fingerprint density at radius 1 is 0.971 bits per heavy atom. The van der Waals surface area contributed by atoms with Crippen molar-refractivity contribution in [3.63, 3.8) is 0 Å². The van der Waals surface area contributed by atoms with Crippen molar-refractivity contribution in [2.75, 3.05) is 39.4 Å². The van der Waals surface area contributed by atoms with Gasteiger partial charge < -0.3 is 23.2 Å². The first kappa shape index (κ1) is 24.5. The van der Waals surface area contributed by atoms with Gasteiger partial charge in [-0.05, 0) is 38.1 Å². The predicted molar refractivity (Wildman–Crippen MR) is 122 cm³/mol. The lowest BCUT2D eigenvalue weighted by Gasteiger charge is -2.33. The van der Waals surface area contributed by atoms with Gasteiger partial charge >= 0.3 is 17.8 Å². The summed E-state index contributed by atoms with van der Waals surface area (Å²) in [6.45, 7) is 4.46. The number of piperazine rings is 1. The number of hydrogen-bond donors (Lipinski definition) is 0. The van der Waals surface area contributed by atoms with Crippen LogP contribution in [-0.4, -0.2) is 73.6 Å². The van der Waals surface area contributed by atoms with Crippen LogP contribution in [0.5, 0.6) is 0 Å². The summed E-state index contributed by atoms with van der Waals surface area (Å²) in [6.07, 6.45) is -0.472. The predicted octanol–water partition coefficient (Wildman–Crippen LogP) is 1.88. The highest BCUT2D eigenvalue weighted by atomic mass is 32.2. The molecule has 2 aromatic heterocycles. The lowest BCUT2D eigenvalue weighted by atomic mass is 10.3. The molecule has 1 aliphatic rings. The smallest absolute Gasteiger partial charge is 0.420 e. The van der Waals surface area contributed by atoms with Gasteiger partial charge in [0, 0.05) is 32.2 Å². The van der Waals surface area contributed by atoms with E-state index >= 15 is 0 Å². The Bertz CT molecular complexity index is 1390. The number of hydrogen-bond acceptors (Lipinski definition) is 9. The maximum Gasteiger partial charge on any atom is 0.420 e. The summed E-state index contributed by atoms with van der Waals surface area (Å²) >= 11 is 0. The molecule has 1 aliphatic heterocycles. The number of carbonyl (C=O) groups is 2. The number of ether oxygens (including phenoxy) is 2. The molecule has 0 aliphatic carbocycles. The third-order valence-corrected chi connectivity index (χ3v) is 7.39. The van der Waals surface area contributed by atoms with Gasteiger partial charge in [-0.3, -0.25) is 4.57 Å². The van der Waals surface area contributed by atoms with Crippen molar-refractivity contribution in [1.82, 2.24) is 13.8 Å². The van der Waals surface area contributed by atoms with Crippen LogP contribution in [0, 0.1) is 0 Å². The van der Waals surface area contributed by atoms with E-state index in [-0.39, 0.29) is 62.2 Å². The minimum Gasteiger partial charge on any atom is -0.460 e. The van der Waals surface area contributed by atoms with Crippen LogP contribution < -0.4 is 5.76 Å². The maximum absolute atomic E-state index is 13.1. The first-order valence-electron chi connectivity index (χ1n) is 11.1. The van der Waals surface area contributed by atoms with Crippen molar-refractivity contribution in [3.05, 3.63) is 52.4 Å². The zero-order valence-corrected chi connectivity index (χ0v) is 20.1. The number of sulfonamides is 1. The second-order valence-corrected chi connectivity index (χ2v) is 9.60. The third-order valence-electron chi connectivity index (χ3n) is 5.49. The van der Waals surface area contributed by atoms with Gasteiger partial charge in [-0.2, -0.15) is 4.31 Å². The molecular weight excluding hydrogens is 482 g/mol. The highest BCUT2D eigenvalue weighted by Crippen LogP contribution is 2.23. The second-order valence-electron chi connectivity index (χ2n) is 7.66. The molecule has 0 saturated carbocycles. The maximum atomic E-state index is 13.1. The van der Waals surface area contributed by atoms with E-state index in [0.29, 0.717) is 11.3 Å². The van der Waals surface area contributed by atoms with Crippen molar-refractivity contribution < 1.29 is 36.3 Å². The second kappa shape index (κ2) is 9.96. The van der Waals surface area contributed by atoms with E-state index in [1.165, 1.54) is 38.0 Å². The van der Waals surface area contributed by atoms with Gasteiger partial charge in [-0.25, -0.2) is 22.8 Å². The van der Waals surface area contributed by atoms with Crippen LogP contribution in [0.3, 0.4) is 0 Å². The van der Waals surface area contributed by atoms with Gasteiger partial charge in [0.1, 0.15) is 5.76 Å². The van der Waals surface area contributed by atoms with Crippen LogP contribution in [0.15, 0.2) is 48.9 Å². The van der Waals surface area contributed by atoms with Crippen LogP contribution in [0.25, 0.3) is 11.1 Å². The van der Waals surface area contributed by atoms with Crippen LogP contribution in [0.2, 0.25) is 0 Å². The van der Waals surface area contributed by atoms with Crippen LogP contribution >= 0.6 is 0 Å². The number of oxazole rings is 1. The summed E-state index contributed by atoms with van der Waals surface area (Å²) < 4.78 is 49.4. The van der Waals surface area contributed by atoms with E-state index in [9.17, 15) is 22.8 Å². The van der Waals surface area contributed by atoms with Crippen molar-refractivity contribution in [3.8, 4) is 0 Å². The lowest BCUT2D eigenvalue weighted by Crippen LogP contribution is -2.50. The van der Waals surface area contributed by atoms with Crippen molar-refractivity contribution in [2.45, 2.75) is 25.3 Å². The van der Waals surface area contributed by atoms with E-state index in [4.69, 9.17) is 18.3 Å². The van der Waals surface area contributed by atoms with E-state index in [1.54, 1.807) is 19.9 Å². The molecule has 1 fully saturated rings. The average molecular weight is 508 g/mol. The Morgan fingerprint density at radius 3 is 2.37 bits per heavy atom. The molecule has 1 amide bonds. The highest BCUT2D eigenvalue weighted by molar-refractivity contribution is 7.89. The standard InChI is InChI=1S/C22H25N3O9S/c1-3-31-20(26)18-8-5-15(33-18)14-25-17-7-6-16(13-19(17)34-22(25)28)35(29,30)24-11-9-23(10-12-24)21(27)32-4-2/h5-8,13H,3-4,9-12,14H2,1-2H3. The summed E-state index contributed by atoms with van der Waals surface area (Å²) in [5.41, 5.74) is 0.466. The zero-order valence-electron chi connectivity index (χ0n) is 19.3. The molecule has 1 aromatic carbocycles. The topological polar surface area (TPSA) is 141 Å². The fourth-order valence-electron chi connectivity index (χ4n) is 3.76. The number of furan rings is 1. The molecule has 0 unspecified atom stereocenters. The molecule has 0 N–H and O–H groups in total. The highest BCUT2D eigenvalue weighted by Gasteiger charge is 2.31. The molecule has 0 radical (unpaired) electrons. The largest absolute Gasteiger partial charge is 0.460 e. The summed E-state index contributed by atoms with van der Waals surface area (Å²) in [4.78, 5) is 37.5. The Kier molecular flexibility index (Phi) is 6.98. The number of rotatable bonds is 7. The van der Waals surface area contributed by atoms with Crippen molar-refractivity contribution in [2.24, 2.45) is 0 Å². The van der Waals surface area contributed by atoms with Crippen molar-refractivity contribution in [1.29, 1.82) is 0 Å². The minimum atomic E-state index is -3.88. The van der Waals surface area contributed by atoms with E-state index < -0.39 is 27.8 Å². The average Bonchev–Trinajstić information content (AvgIpc) is 3.44. The number of amides is 1. The number of benzene rings is 1. The Hall–Kier alpha value is -3.58. The number of nitrogens with zero attached hydrogens (tertiary/aromatic N) is 3. The summed E-state index contributed by atoms with van der Waals surface area (Å²) in [5.74, 6) is -0.971. The first-order chi connectivity index (χ1) is 16.7. The Balaban J connectivity index is 1.52. The van der Waals surface area contributed by atoms with Gasteiger partial charge in [0.05, 0.1) is 30.2 Å². The number of aromatic nitrogens is 1. The number of esters is 1. The Labute approximate surface area is 200 Å². The molecule has 0 bridgehead atoms. The molecule has 4 rings (SSSR count). The third kappa shape index (κ3) is 4.95. The molecule has 3 aromatic rings. The molecule has 12 nitrogen and oxygen atoms in total. The fourth-order valence-corrected chi connectivity index (χ4v) is 5.20. The quantitative estimate of drug-likeness (QED) is 0.438. The summed E-state index contributed by atoms with van der Waals surface area (Å²) in [7, 11) is -3.88.